The first-order chi connectivity index (χ1) is 7.89. The lowest BCUT2D eigenvalue weighted by molar-refractivity contribution is -0.131. The maximum absolute atomic E-state index is 12.1. The van der Waals surface area contributed by atoms with Crippen molar-refractivity contribution in [3.63, 3.8) is 0 Å². The number of carbonyl (C=O) groups excluding carboxylic acids is 2. The van der Waals surface area contributed by atoms with Crippen molar-refractivity contribution in [1.82, 2.24) is 9.80 Å². The second-order valence-electron chi connectivity index (χ2n) is 5.71. The van der Waals surface area contributed by atoms with Crippen LogP contribution in [0.15, 0.2) is 0 Å². The van der Waals surface area contributed by atoms with E-state index >= 15 is 0 Å². The molecule has 0 radical (unpaired) electrons. The number of nitrogens with zero attached hydrogens (tertiary/aromatic N) is 2. The van der Waals surface area contributed by atoms with E-state index in [-0.39, 0.29) is 17.4 Å². The molecule has 5 nitrogen and oxygen atoms in total. The summed E-state index contributed by atoms with van der Waals surface area (Å²) >= 11 is 0. The standard InChI is InChI=1S/C12H20N2O3/c1-12(2,3)13-5-4-9(8-13)10(15)14-6-7-17-11(14)16/h9H,4-8H2,1-3H3. The Bertz CT molecular complexity index is 335. The second-order valence-corrected chi connectivity index (χ2v) is 5.71. The van der Waals surface area contributed by atoms with Crippen molar-refractivity contribution in [2.24, 2.45) is 5.92 Å². The van der Waals surface area contributed by atoms with E-state index in [0.717, 1.165) is 19.5 Å². The van der Waals surface area contributed by atoms with Gasteiger partial charge < -0.3 is 4.74 Å². The molecule has 5 heteroatoms. The molecule has 17 heavy (non-hydrogen) atoms. The quantitative estimate of drug-likeness (QED) is 0.688. The Morgan fingerprint density at radius 1 is 1.35 bits per heavy atom. The molecule has 96 valence electrons. The van der Waals surface area contributed by atoms with Gasteiger partial charge in [0.1, 0.15) is 6.61 Å². The number of hydrogen-bond donors (Lipinski definition) is 0. The molecule has 2 fully saturated rings. The summed E-state index contributed by atoms with van der Waals surface area (Å²) < 4.78 is 4.79. The van der Waals surface area contributed by atoms with E-state index < -0.39 is 6.09 Å². The van der Waals surface area contributed by atoms with Crippen LogP contribution < -0.4 is 0 Å². The first kappa shape index (κ1) is 12.4. The molecule has 0 N–H and O–H groups in total. The average molecular weight is 240 g/mol. The molecule has 1 atom stereocenters. The number of hydrogen-bond acceptors (Lipinski definition) is 4. The fourth-order valence-electron chi connectivity index (χ4n) is 2.39. The van der Waals surface area contributed by atoms with Crippen molar-refractivity contribution in [3.8, 4) is 0 Å². The summed E-state index contributed by atoms with van der Waals surface area (Å²) in [7, 11) is 0. The number of carbonyl (C=O) groups is 2. The van der Waals surface area contributed by atoms with Crippen molar-refractivity contribution in [2.75, 3.05) is 26.2 Å². The maximum Gasteiger partial charge on any atom is 0.416 e. The number of amides is 2. The lowest BCUT2D eigenvalue weighted by atomic mass is 10.1. The summed E-state index contributed by atoms with van der Waals surface area (Å²) in [6, 6.07) is 0. The molecule has 2 aliphatic heterocycles. The normalized spacial score (nSPS) is 26.4. The first-order valence-electron chi connectivity index (χ1n) is 6.13. The van der Waals surface area contributed by atoms with Gasteiger partial charge in [-0.1, -0.05) is 0 Å². The monoisotopic (exact) mass is 240 g/mol. The third kappa shape index (κ3) is 2.44. The van der Waals surface area contributed by atoms with E-state index in [2.05, 4.69) is 25.7 Å². The molecular formula is C12H20N2O3. The van der Waals surface area contributed by atoms with Gasteiger partial charge in [0.25, 0.3) is 0 Å². The Labute approximate surface area is 102 Å². The van der Waals surface area contributed by atoms with Crippen LogP contribution in [-0.2, 0) is 9.53 Å². The number of ether oxygens (including phenoxy) is 1. The highest BCUT2D eigenvalue weighted by Crippen LogP contribution is 2.26. The van der Waals surface area contributed by atoms with E-state index in [1.807, 2.05) is 0 Å². The van der Waals surface area contributed by atoms with Crippen molar-refractivity contribution < 1.29 is 14.3 Å². The van der Waals surface area contributed by atoms with E-state index in [1.165, 1.54) is 4.90 Å². The zero-order valence-corrected chi connectivity index (χ0v) is 10.7. The third-order valence-electron chi connectivity index (χ3n) is 3.51. The van der Waals surface area contributed by atoms with Crippen molar-refractivity contribution in [2.45, 2.75) is 32.7 Å². The number of rotatable bonds is 1. The highest BCUT2D eigenvalue weighted by atomic mass is 16.6. The van der Waals surface area contributed by atoms with Crippen molar-refractivity contribution >= 4 is 12.0 Å². The molecule has 0 spiro atoms. The molecule has 0 aromatic carbocycles. The molecule has 0 bridgehead atoms. The maximum atomic E-state index is 12.1. The molecule has 2 heterocycles. The molecule has 0 aliphatic carbocycles. The summed E-state index contributed by atoms with van der Waals surface area (Å²) in [4.78, 5) is 27.0. The molecule has 2 amide bonds. The summed E-state index contributed by atoms with van der Waals surface area (Å²) in [5.41, 5.74) is 0.0839. The van der Waals surface area contributed by atoms with Crippen LogP contribution in [0, 0.1) is 5.92 Å². The van der Waals surface area contributed by atoms with Crippen LogP contribution in [0.4, 0.5) is 4.79 Å². The van der Waals surface area contributed by atoms with E-state index in [9.17, 15) is 9.59 Å². The van der Waals surface area contributed by atoms with Gasteiger partial charge in [-0.15, -0.1) is 0 Å². The Hall–Kier alpha value is -1.10. The average Bonchev–Trinajstić information content (AvgIpc) is 2.83. The van der Waals surface area contributed by atoms with Crippen LogP contribution in [-0.4, -0.2) is 53.6 Å². The Kier molecular flexibility index (Phi) is 3.12. The van der Waals surface area contributed by atoms with Gasteiger partial charge in [0, 0.05) is 12.1 Å². The molecular weight excluding hydrogens is 220 g/mol. The van der Waals surface area contributed by atoms with Gasteiger partial charge in [-0.25, -0.2) is 9.69 Å². The molecule has 2 rings (SSSR count). The fourth-order valence-corrected chi connectivity index (χ4v) is 2.39. The topological polar surface area (TPSA) is 49.9 Å². The summed E-state index contributed by atoms with van der Waals surface area (Å²) in [6.07, 6.45) is 0.351. The fraction of sp³-hybridized carbons (Fsp3) is 0.833. The van der Waals surface area contributed by atoms with Gasteiger partial charge in [-0.05, 0) is 33.7 Å². The Morgan fingerprint density at radius 2 is 2.06 bits per heavy atom. The molecule has 2 saturated heterocycles. The van der Waals surface area contributed by atoms with Crippen molar-refractivity contribution in [3.05, 3.63) is 0 Å². The Morgan fingerprint density at radius 3 is 2.53 bits per heavy atom. The van der Waals surface area contributed by atoms with Crippen LogP contribution in [0.3, 0.4) is 0 Å². The van der Waals surface area contributed by atoms with Gasteiger partial charge in [0.2, 0.25) is 5.91 Å². The predicted molar refractivity (Wildman–Crippen MR) is 62.5 cm³/mol. The van der Waals surface area contributed by atoms with Crippen LogP contribution in [0.2, 0.25) is 0 Å². The van der Waals surface area contributed by atoms with E-state index in [0.29, 0.717) is 13.2 Å². The highest BCUT2D eigenvalue weighted by molar-refractivity contribution is 5.94. The smallest absolute Gasteiger partial charge is 0.416 e. The zero-order chi connectivity index (χ0) is 12.6. The number of imide groups is 1. The largest absolute Gasteiger partial charge is 0.447 e. The van der Waals surface area contributed by atoms with E-state index in [1.54, 1.807) is 0 Å². The SMILES string of the molecule is CC(C)(C)N1CCC(C(=O)N2CCOC2=O)C1. The molecule has 0 aromatic heterocycles. The lowest BCUT2D eigenvalue weighted by Crippen LogP contribution is -2.42. The van der Waals surface area contributed by atoms with Gasteiger partial charge in [-0.2, -0.15) is 0 Å². The first-order valence-corrected chi connectivity index (χ1v) is 6.13. The number of cyclic esters (lactones) is 1. The minimum absolute atomic E-state index is 0.0557. The minimum atomic E-state index is -0.482. The molecule has 2 aliphatic rings. The highest BCUT2D eigenvalue weighted by Gasteiger charge is 2.39. The third-order valence-corrected chi connectivity index (χ3v) is 3.51. The zero-order valence-electron chi connectivity index (χ0n) is 10.7. The van der Waals surface area contributed by atoms with Crippen LogP contribution >= 0.6 is 0 Å². The number of likely N-dealkylation sites (tertiary alicyclic amines) is 1. The van der Waals surface area contributed by atoms with E-state index in [4.69, 9.17) is 4.74 Å². The van der Waals surface area contributed by atoms with Gasteiger partial charge in [0.15, 0.2) is 0 Å². The second kappa shape index (κ2) is 4.29. The molecule has 0 saturated carbocycles. The van der Waals surface area contributed by atoms with Crippen molar-refractivity contribution in [1.29, 1.82) is 0 Å². The minimum Gasteiger partial charge on any atom is -0.447 e. The molecule has 1 unspecified atom stereocenters. The summed E-state index contributed by atoms with van der Waals surface area (Å²) in [6.45, 7) is 8.83. The Balaban J connectivity index is 1.96. The lowest BCUT2D eigenvalue weighted by Gasteiger charge is -2.31. The predicted octanol–water partition coefficient (Wildman–Crippen LogP) is 1.09. The van der Waals surface area contributed by atoms with Gasteiger partial charge in [0.05, 0.1) is 12.5 Å². The summed E-state index contributed by atoms with van der Waals surface area (Å²) in [5, 5.41) is 0. The molecule has 0 aromatic rings. The summed E-state index contributed by atoms with van der Waals surface area (Å²) in [5.74, 6) is -0.126. The van der Waals surface area contributed by atoms with Crippen LogP contribution in [0.25, 0.3) is 0 Å². The van der Waals surface area contributed by atoms with Crippen LogP contribution in [0.1, 0.15) is 27.2 Å². The van der Waals surface area contributed by atoms with Gasteiger partial charge in [-0.3, -0.25) is 9.69 Å². The van der Waals surface area contributed by atoms with Gasteiger partial charge >= 0.3 is 6.09 Å². The van der Waals surface area contributed by atoms with Crippen LogP contribution in [0.5, 0.6) is 0 Å².